The third-order valence-corrected chi connectivity index (χ3v) is 3.77. The molecule has 1 saturated carbocycles. The van der Waals surface area contributed by atoms with E-state index in [1.807, 2.05) is 0 Å². The van der Waals surface area contributed by atoms with Crippen molar-refractivity contribution >= 4 is 11.5 Å². The summed E-state index contributed by atoms with van der Waals surface area (Å²) in [7, 11) is 0. The summed E-state index contributed by atoms with van der Waals surface area (Å²) in [5.41, 5.74) is 1.29. The summed E-state index contributed by atoms with van der Waals surface area (Å²) in [5, 5.41) is 13.8. The Morgan fingerprint density at radius 1 is 1.53 bits per heavy atom. The predicted molar refractivity (Wildman–Crippen MR) is 66.0 cm³/mol. The Bertz CT molecular complexity index is 393. The minimum atomic E-state index is -0.483. The van der Waals surface area contributed by atoms with Crippen molar-refractivity contribution in [2.24, 2.45) is 5.41 Å². The highest BCUT2D eigenvalue weighted by atomic mass is 16.6. The lowest BCUT2D eigenvalue weighted by Gasteiger charge is -2.41. The molecule has 0 bridgehead atoms. The Balaban J connectivity index is 1.93. The maximum Gasteiger partial charge on any atom is 0.363 e. The molecule has 1 aromatic heterocycles. The Labute approximate surface area is 100 Å². The first kappa shape index (κ1) is 11.8. The predicted octanol–water partition coefficient (Wildman–Crippen LogP) is 2.98. The molecule has 17 heavy (non-hydrogen) atoms. The van der Waals surface area contributed by atoms with Crippen LogP contribution in [0.1, 0.15) is 32.6 Å². The van der Waals surface area contributed by atoms with E-state index in [2.05, 4.69) is 17.2 Å². The molecule has 1 N–H and O–H groups in total. The van der Waals surface area contributed by atoms with E-state index in [4.69, 9.17) is 0 Å². The van der Waals surface area contributed by atoms with Crippen molar-refractivity contribution in [3.63, 3.8) is 0 Å². The fourth-order valence-electron chi connectivity index (χ4n) is 2.22. The van der Waals surface area contributed by atoms with Crippen molar-refractivity contribution in [3.8, 4) is 0 Å². The normalized spacial score (nSPS) is 17.2. The zero-order valence-corrected chi connectivity index (χ0v) is 9.98. The highest BCUT2D eigenvalue weighted by molar-refractivity contribution is 5.43. The molecule has 0 aromatic carbocycles. The summed E-state index contributed by atoms with van der Waals surface area (Å²) in [5.74, 6) is -0.107. The number of rotatable bonds is 5. The van der Waals surface area contributed by atoms with Crippen LogP contribution in [0.5, 0.6) is 0 Å². The van der Waals surface area contributed by atoms with Crippen molar-refractivity contribution in [1.29, 1.82) is 0 Å². The number of nitro groups is 1. The van der Waals surface area contributed by atoms with Gasteiger partial charge in [-0.05, 0) is 40.7 Å². The molecular weight excluding hydrogens is 218 g/mol. The van der Waals surface area contributed by atoms with Gasteiger partial charge in [-0.15, -0.1) is 0 Å². The van der Waals surface area contributed by atoms with E-state index >= 15 is 0 Å². The van der Waals surface area contributed by atoms with Crippen LogP contribution in [-0.4, -0.2) is 16.5 Å². The van der Waals surface area contributed by atoms with Gasteiger partial charge < -0.3 is 15.4 Å². The van der Waals surface area contributed by atoms with E-state index < -0.39 is 4.92 Å². The molecule has 5 heteroatoms. The number of aromatic nitrogens is 1. The van der Waals surface area contributed by atoms with Crippen LogP contribution in [0.15, 0.2) is 18.3 Å². The van der Waals surface area contributed by atoms with Gasteiger partial charge in [0.1, 0.15) is 0 Å². The topological polar surface area (TPSA) is 68.1 Å². The van der Waals surface area contributed by atoms with Crippen molar-refractivity contribution in [1.82, 2.24) is 4.98 Å². The van der Waals surface area contributed by atoms with Crippen molar-refractivity contribution in [2.45, 2.75) is 32.6 Å². The first-order valence-corrected chi connectivity index (χ1v) is 5.99. The molecule has 0 unspecified atom stereocenters. The molecule has 1 aromatic rings. The van der Waals surface area contributed by atoms with Crippen molar-refractivity contribution < 1.29 is 4.92 Å². The molecule has 0 radical (unpaired) electrons. The SMILES string of the molecule is CCC1(CNc2ccc([N+](=O)[O-])nc2)CCC1. The molecular formula is C12H17N3O2. The van der Waals surface area contributed by atoms with Gasteiger partial charge >= 0.3 is 5.82 Å². The van der Waals surface area contributed by atoms with Crippen molar-refractivity contribution in [3.05, 3.63) is 28.4 Å². The number of nitrogens with one attached hydrogen (secondary N) is 1. The number of hydrogen-bond acceptors (Lipinski definition) is 4. The summed E-state index contributed by atoms with van der Waals surface area (Å²) < 4.78 is 0. The van der Waals surface area contributed by atoms with Gasteiger partial charge in [-0.25, -0.2) is 0 Å². The molecule has 0 atom stereocenters. The zero-order valence-electron chi connectivity index (χ0n) is 9.98. The zero-order chi connectivity index (χ0) is 12.3. The van der Waals surface area contributed by atoms with Crippen LogP contribution in [0.25, 0.3) is 0 Å². The van der Waals surface area contributed by atoms with Gasteiger partial charge in [0, 0.05) is 12.6 Å². The maximum absolute atomic E-state index is 10.5. The van der Waals surface area contributed by atoms with Crippen LogP contribution < -0.4 is 5.32 Å². The summed E-state index contributed by atoms with van der Waals surface area (Å²) in [6.07, 6.45) is 6.57. The fourth-order valence-corrected chi connectivity index (χ4v) is 2.22. The van der Waals surface area contributed by atoms with E-state index in [1.165, 1.54) is 37.9 Å². The molecule has 2 rings (SSSR count). The van der Waals surface area contributed by atoms with Crippen molar-refractivity contribution in [2.75, 3.05) is 11.9 Å². The van der Waals surface area contributed by atoms with Gasteiger partial charge in [-0.3, -0.25) is 0 Å². The molecule has 0 amide bonds. The molecule has 1 aliphatic rings. The largest absolute Gasteiger partial charge is 0.381 e. The Morgan fingerprint density at radius 3 is 2.71 bits per heavy atom. The van der Waals surface area contributed by atoms with Crippen LogP contribution in [0, 0.1) is 15.5 Å². The van der Waals surface area contributed by atoms with E-state index in [9.17, 15) is 10.1 Å². The molecule has 92 valence electrons. The monoisotopic (exact) mass is 235 g/mol. The van der Waals surface area contributed by atoms with Crippen LogP contribution >= 0.6 is 0 Å². The van der Waals surface area contributed by atoms with Gasteiger partial charge in [0.05, 0.1) is 5.69 Å². The third-order valence-electron chi connectivity index (χ3n) is 3.77. The van der Waals surface area contributed by atoms with Gasteiger partial charge in [0.25, 0.3) is 0 Å². The van der Waals surface area contributed by atoms with E-state index in [0.717, 1.165) is 12.2 Å². The Hall–Kier alpha value is -1.65. The second-order valence-corrected chi connectivity index (χ2v) is 4.72. The van der Waals surface area contributed by atoms with Crippen LogP contribution in [-0.2, 0) is 0 Å². The van der Waals surface area contributed by atoms with Gasteiger partial charge in [0.15, 0.2) is 6.20 Å². The summed E-state index contributed by atoms with van der Waals surface area (Å²) in [4.78, 5) is 13.8. The molecule has 0 saturated heterocycles. The quantitative estimate of drug-likeness (QED) is 0.629. The minimum absolute atomic E-state index is 0.107. The number of pyridine rings is 1. The van der Waals surface area contributed by atoms with Crippen LogP contribution in [0.3, 0.4) is 0 Å². The second kappa shape index (κ2) is 4.69. The number of nitrogens with zero attached hydrogens (tertiary/aromatic N) is 2. The average Bonchev–Trinajstić information content (AvgIpc) is 2.29. The fraction of sp³-hybridized carbons (Fsp3) is 0.583. The Kier molecular flexibility index (Phi) is 3.26. The second-order valence-electron chi connectivity index (χ2n) is 4.72. The van der Waals surface area contributed by atoms with Crippen LogP contribution in [0.2, 0.25) is 0 Å². The number of hydrogen-bond donors (Lipinski definition) is 1. The highest BCUT2D eigenvalue weighted by Gasteiger charge is 2.34. The molecule has 1 heterocycles. The van der Waals surface area contributed by atoms with Gasteiger partial charge in [-0.2, -0.15) is 0 Å². The maximum atomic E-state index is 10.5. The number of anilines is 1. The van der Waals surface area contributed by atoms with Gasteiger partial charge in [-0.1, -0.05) is 13.3 Å². The third kappa shape index (κ3) is 2.54. The smallest absolute Gasteiger partial charge is 0.363 e. The lowest BCUT2D eigenvalue weighted by atomic mass is 9.67. The lowest BCUT2D eigenvalue weighted by molar-refractivity contribution is -0.389. The molecule has 1 fully saturated rings. The summed E-state index contributed by atoms with van der Waals surface area (Å²) in [6.45, 7) is 3.15. The minimum Gasteiger partial charge on any atom is -0.381 e. The molecule has 5 nitrogen and oxygen atoms in total. The highest BCUT2D eigenvalue weighted by Crippen LogP contribution is 2.43. The molecule has 0 spiro atoms. The summed E-state index contributed by atoms with van der Waals surface area (Å²) >= 11 is 0. The average molecular weight is 235 g/mol. The Morgan fingerprint density at radius 2 is 2.29 bits per heavy atom. The summed E-state index contributed by atoms with van der Waals surface area (Å²) in [6, 6.07) is 3.15. The van der Waals surface area contributed by atoms with E-state index in [0.29, 0.717) is 5.41 Å². The van der Waals surface area contributed by atoms with Gasteiger partial charge in [0.2, 0.25) is 0 Å². The van der Waals surface area contributed by atoms with E-state index in [1.54, 1.807) is 6.07 Å². The van der Waals surface area contributed by atoms with E-state index in [-0.39, 0.29) is 5.82 Å². The first-order chi connectivity index (χ1) is 8.15. The molecule has 1 aliphatic carbocycles. The van der Waals surface area contributed by atoms with Crippen LogP contribution in [0.4, 0.5) is 11.5 Å². The molecule has 0 aliphatic heterocycles. The first-order valence-electron chi connectivity index (χ1n) is 5.99. The standard InChI is InChI=1S/C12H17N3O2/c1-2-12(6-3-7-12)9-14-10-4-5-11(13-8-10)15(16)17/h4-5,8,14H,2-3,6-7,9H2,1H3. The lowest BCUT2D eigenvalue weighted by Crippen LogP contribution is -2.35.